The highest BCUT2D eigenvalue weighted by atomic mass is 16.5. The Bertz CT molecular complexity index is 2630. The van der Waals surface area contributed by atoms with E-state index in [1.54, 1.807) is 0 Å². The summed E-state index contributed by atoms with van der Waals surface area (Å²) in [6, 6.07) is 26.1. The molecule has 5 aliphatic heterocycles. The van der Waals surface area contributed by atoms with Crippen LogP contribution in [0.5, 0.6) is 34.5 Å². The van der Waals surface area contributed by atoms with Crippen molar-refractivity contribution in [2.45, 2.75) is 59.3 Å². The van der Waals surface area contributed by atoms with E-state index in [2.05, 4.69) is 111 Å². The first kappa shape index (κ1) is 34.4. The van der Waals surface area contributed by atoms with Gasteiger partial charge in [0.25, 0.3) is 6.71 Å². The van der Waals surface area contributed by atoms with Crippen molar-refractivity contribution in [1.82, 2.24) is 0 Å². The van der Waals surface area contributed by atoms with Gasteiger partial charge in [-0.25, -0.2) is 0 Å². The minimum Gasteiger partial charge on any atom is -0.490 e. The third kappa shape index (κ3) is 5.29. The third-order valence-corrected chi connectivity index (χ3v) is 12.0. The molecule has 0 radical (unpaired) electrons. The van der Waals surface area contributed by atoms with E-state index in [9.17, 15) is 0 Å². The van der Waals surface area contributed by atoms with Crippen molar-refractivity contribution in [3.05, 3.63) is 89.5 Å². The van der Waals surface area contributed by atoms with E-state index in [1.165, 1.54) is 11.0 Å². The fourth-order valence-corrected chi connectivity index (χ4v) is 9.33. The lowest BCUT2D eigenvalue weighted by Gasteiger charge is -2.43. The highest BCUT2D eigenvalue weighted by molar-refractivity contribution is 7.01. The van der Waals surface area contributed by atoms with Crippen LogP contribution in [-0.4, -0.2) is 46.4 Å². The summed E-state index contributed by atoms with van der Waals surface area (Å²) in [6.07, 6.45) is 2.48. The molecule has 1 aromatic heterocycles. The molecular weight excluding hydrogens is 715 g/mol. The number of fused-ring (bicyclic) bond motifs is 9. The number of ether oxygens (including phenoxy) is 6. The van der Waals surface area contributed by atoms with Gasteiger partial charge < -0.3 is 37.7 Å². The number of hydrogen-bond donors (Lipinski definition) is 0. The predicted molar refractivity (Wildman–Crippen MR) is 225 cm³/mol. The molecule has 0 saturated heterocycles. The molecule has 0 atom stereocenters. The first-order valence-electron chi connectivity index (χ1n) is 20.3. The summed E-state index contributed by atoms with van der Waals surface area (Å²) in [5.41, 5.74) is 12.6. The van der Waals surface area contributed by atoms with Crippen molar-refractivity contribution in [2.75, 3.05) is 49.4 Å². The molecule has 0 bridgehead atoms. The molecule has 9 nitrogen and oxygen atoms in total. The summed E-state index contributed by atoms with van der Waals surface area (Å²) in [7, 11) is 0. The molecule has 5 aromatic carbocycles. The van der Waals surface area contributed by atoms with Crippen molar-refractivity contribution in [3.8, 4) is 34.5 Å². The minimum atomic E-state index is -0.191. The van der Waals surface area contributed by atoms with Gasteiger partial charge in [-0.2, -0.15) is 0 Å². The van der Waals surface area contributed by atoms with Crippen LogP contribution in [-0.2, 0) is 5.41 Å². The molecule has 0 fully saturated rings. The lowest BCUT2D eigenvalue weighted by atomic mass is 9.33. The van der Waals surface area contributed by atoms with Crippen molar-refractivity contribution in [1.29, 1.82) is 0 Å². The number of aryl methyl sites for hydroxylation is 1. The van der Waals surface area contributed by atoms with Crippen molar-refractivity contribution >= 4 is 68.4 Å². The Balaban J connectivity index is 1.24. The van der Waals surface area contributed by atoms with E-state index < -0.39 is 0 Å². The van der Waals surface area contributed by atoms with Crippen LogP contribution in [0.4, 0.5) is 34.3 Å². The lowest BCUT2D eigenvalue weighted by Crippen LogP contribution is -2.61. The maximum absolute atomic E-state index is 7.14. The van der Waals surface area contributed by atoms with Gasteiger partial charge in [-0.05, 0) is 89.8 Å². The summed E-state index contributed by atoms with van der Waals surface area (Å²) in [5.74, 6) is 5.37. The zero-order chi connectivity index (χ0) is 38.6. The predicted octanol–water partition coefficient (Wildman–Crippen LogP) is 8.91. The number of rotatable bonds is 2. The van der Waals surface area contributed by atoms with Crippen molar-refractivity contribution in [2.24, 2.45) is 0 Å². The molecule has 6 aromatic rings. The van der Waals surface area contributed by atoms with Gasteiger partial charge in [-0.3, -0.25) is 4.90 Å². The van der Waals surface area contributed by atoms with Gasteiger partial charge in [0.2, 0.25) is 5.88 Å². The molecule has 0 aliphatic carbocycles. The maximum Gasteiger partial charge on any atom is 0.257 e. The Labute approximate surface area is 333 Å². The van der Waals surface area contributed by atoms with Gasteiger partial charge in [0.05, 0.1) is 51.0 Å². The van der Waals surface area contributed by atoms with Crippen LogP contribution in [0.3, 0.4) is 0 Å². The first-order valence-corrected chi connectivity index (χ1v) is 20.3. The number of nitrogens with zero attached hydrogens (tertiary/aromatic N) is 2. The second kappa shape index (κ2) is 12.8. The summed E-state index contributed by atoms with van der Waals surface area (Å²) in [6.45, 7) is 14.5. The molecule has 288 valence electrons. The smallest absolute Gasteiger partial charge is 0.257 e. The van der Waals surface area contributed by atoms with Crippen LogP contribution in [0.15, 0.2) is 77.2 Å². The fraction of sp³-hybridized carbons (Fsp3) is 0.319. The summed E-state index contributed by atoms with van der Waals surface area (Å²) < 4.78 is 45.0. The molecule has 10 heteroatoms. The molecule has 6 heterocycles. The van der Waals surface area contributed by atoms with Crippen LogP contribution < -0.4 is 54.6 Å². The van der Waals surface area contributed by atoms with Crippen LogP contribution in [0, 0.1) is 13.8 Å². The standard InChI is InChI=1S/C47H45BN2O7/c1-27-22-41-45(56-21-9-20-55-41)28(2)44(27)50-34-11-6-10-33-43(34)48(42-31-23-29(47(3,4)5)12-14-36(31)57-46(42)50)32-25-39-40(54-19-8-18-53-39)26-35(32)49(33)30-13-15-37-38(24-30)52-17-7-16-51-37/h6,10-15,22-26H,7-9,16-21H2,1-5H3. The summed E-state index contributed by atoms with van der Waals surface area (Å²) >= 11 is 0. The Kier molecular flexibility index (Phi) is 7.72. The maximum atomic E-state index is 7.14. The van der Waals surface area contributed by atoms with Gasteiger partial charge in [-0.15, -0.1) is 0 Å². The van der Waals surface area contributed by atoms with E-state index in [0.29, 0.717) is 39.6 Å². The zero-order valence-electron chi connectivity index (χ0n) is 33.1. The number of furan rings is 1. The quantitative estimate of drug-likeness (QED) is 0.161. The van der Waals surface area contributed by atoms with Crippen molar-refractivity contribution in [3.63, 3.8) is 0 Å². The number of hydrogen-bond acceptors (Lipinski definition) is 9. The monoisotopic (exact) mass is 760 g/mol. The molecule has 5 aliphatic rings. The van der Waals surface area contributed by atoms with E-state index in [0.717, 1.165) is 121 Å². The van der Waals surface area contributed by atoms with E-state index in [-0.39, 0.29) is 12.1 Å². The topological polar surface area (TPSA) is 75.0 Å². The van der Waals surface area contributed by atoms with Crippen LogP contribution >= 0.6 is 0 Å². The van der Waals surface area contributed by atoms with E-state index >= 15 is 0 Å². The largest absolute Gasteiger partial charge is 0.490 e. The molecule has 11 rings (SSSR count). The average Bonchev–Trinajstić information content (AvgIpc) is 3.45. The Morgan fingerprint density at radius 2 is 1.23 bits per heavy atom. The molecule has 0 saturated carbocycles. The highest BCUT2D eigenvalue weighted by Crippen LogP contribution is 2.52. The van der Waals surface area contributed by atoms with E-state index in [1.807, 2.05) is 6.07 Å². The molecule has 0 N–H and O–H groups in total. The first-order chi connectivity index (χ1) is 27.7. The van der Waals surface area contributed by atoms with Gasteiger partial charge in [0.15, 0.2) is 34.5 Å². The zero-order valence-corrected chi connectivity index (χ0v) is 33.1. The summed E-state index contributed by atoms with van der Waals surface area (Å²) in [4.78, 5) is 4.69. The molecular formula is C47H45BN2O7. The second-order valence-electron chi connectivity index (χ2n) is 16.7. The molecule has 0 spiro atoms. The normalized spacial score (nSPS) is 16.6. The summed E-state index contributed by atoms with van der Waals surface area (Å²) in [5, 5.41) is 1.10. The van der Waals surface area contributed by atoms with Gasteiger partial charge in [0.1, 0.15) is 5.58 Å². The van der Waals surface area contributed by atoms with Gasteiger partial charge in [0, 0.05) is 64.9 Å². The van der Waals surface area contributed by atoms with Gasteiger partial charge in [-0.1, -0.05) is 32.9 Å². The van der Waals surface area contributed by atoms with E-state index in [4.69, 9.17) is 32.8 Å². The molecule has 57 heavy (non-hydrogen) atoms. The van der Waals surface area contributed by atoms with Crippen LogP contribution in [0.2, 0.25) is 0 Å². The molecule has 0 amide bonds. The SMILES string of the molecule is Cc1cc2c(c(C)c1N1c3cccc4c3B(c3cc5c(cc3N4c3ccc4c(c3)OCCCO4)OCCCO5)c3c1oc1ccc(C(C)(C)C)cc31)OCCCO2. The van der Waals surface area contributed by atoms with Crippen molar-refractivity contribution < 1.29 is 32.8 Å². The van der Waals surface area contributed by atoms with Crippen LogP contribution in [0.25, 0.3) is 11.0 Å². The van der Waals surface area contributed by atoms with Gasteiger partial charge >= 0.3 is 0 Å². The Morgan fingerprint density at radius 1 is 0.579 bits per heavy atom. The Hall–Kier alpha value is -5.90. The molecule has 0 unspecified atom stereocenters. The lowest BCUT2D eigenvalue weighted by molar-refractivity contribution is 0.296. The minimum absolute atomic E-state index is 0.0713. The second-order valence-corrected chi connectivity index (χ2v) is 16.7. The fourth-order valence-electron chi connectivity index (χ4n) is 9.33. The Morgan fingerprint density at radius 3 is 1.96 bits per heavy atom. The number of benzene rings is 5. The third-order valence-electron chi connectivity index (χ3n) is 12.0. The average molecular weight is 761 g/mol. The highest BCUT2D eigenvalue weighted by Gasteiger charge is 2.47. The number of anilines is 6. The van der Waals surface area contributed by atoms with Crippen LogP contribution in [0.1, 0.15) is 56.7 Å².